The van der Waals surface area contributed by atoms with E-state index in [1.807, 2.05) is 6.07 Å². The van der Waals surface area contributed by atoms with Gasteiger partial charge < -0.3 is 10.5 Å². The van der Waals surface area contributed by atoms with Gasteiger partial charge in [0.2, 0.25) is 10.0 Å². The van der Waals surface area contributed by atoms with Crippen molar-refractivity contribution in [2.45, 2.75) is 30.3 Å². The zero-order valence-electron chi connectivity index (χ0n) is 13.2. The summed E-state index contributed by atoms with van der Waals surface area (Å²) in [7, 11) is -3.65. The fourth-order valence-electron chi connectivity index (χ4n) is 2.49. The molecular weight excluding hydrogens is 373 g/mol. The molecule has 1 aliphatic rings. The fraction of sp³-hybridized carbons (Fsp3) is 0.533. The van der Waals surface area contributed by atoms with Gasteiger partial charge >= 0.3 is 0 Å². The van der Waals surface area contributed by atoms with E-state index in [-0.39, 0.29) is 28.4 Å². The van der Waals surface area contributed by atoms with Crippen molar-refractivity contribution in [1.29, 1.82) is 5.26 Å². The van der Waals surface area contributed by atoms with Crippen LogP contribution in [0.4, 0.5) is 0 Å². The summed E-state index contributed by atoms with van der Waals surface area (Å²) in [6, 6.07) is 6.16. The van der Waals surface area contributed by atoms with Crippen LogP contribution in [-0.2, 0) is 14.8 Å². The lowest BCUT2D eigenvalue weighted by atomic mass is 10.1. The highest BCUT2D eigenvalue weighted by molar-refractivity contribution is 7.89. The van der Waals surface area contributed by atoms with E-state index in [9.17, 15) is 8.42 Å². The van der Waals surface area contributed by atoms with Gasteiger partial charge in [-0.15, -0.1) is 12.4 Å². The Bertz CT molecular complexity index is 684. The van der Waals surface area contributed by atoms with Crippen LogP contribution in [0, 0.1) is 11.3 Å². The Hall–Kier alpha value is -0.880. The fourth-order valence-corrected chi connectivity index (χ4v) is 4.48. The third-order valence-corrected chi connectivity index (χ3v) is 6.16. The van der Waals surface area contributed by atoms with Gasteiger partial charge in [0, 0.05) is 19.7 Å². The average molecular weight is 394 g/mol. The van der Waals surface area contributed by atoms with Crippen molar-refractivity contribution < 1.29 is 13.2 Å². The normalized spacial score (nSPS) is 16.4. The lowest BCUT2D eigenvalue weighted by Crippen LogP contribution is -2.41. The minimum Gasteiger partial charge on any atom is -0.378 e. The van der Waals surface area contributed by atoms with Gasteiger partial charge in [0.25, 0.3) is 0 Å². The lowest BCUT2D eigenvalue weighted by molar-refractivity contribution is 0.0209. The summed E-state index contributed by atoms with van der Waals surface area (Å²) in [5.41, 5.74) is 5.76. The Labute approximate surface area is 154 Å². The van der Waals surface area contributed by atoms with Crippen LogP contribution >= 0.6 is 24.0 Å². The van der Waals surface area contributed by atoms with E-state index in [0.717, 1.165) is 6.42 Å². The van der Waals surface area contributed by atoms with E-state index in [0.29, 0.717) is 44.6 Å². The topological polar surface area (TPSA) is 96.4 Å². The van der Waals surface area contributed by atoms with Crippen molar-refractivity contribution in [1.82, 2.24) is 4.31 Å². The van der Waals surface area contributed by atoms with Crippen LogP contribution in [0.5, 0.6) is 0 Å². The van der Waals surface area contributed by atoms with E-state index in [4.69, 9.17) is 27.3 Å². The molecule has 0 saturated carbocycles. The second kappa shape index (κ2) is 9.56. The molecule has 1 aromatic rings. The van der Waals surface area contributed by atoms with Gasteiger partial charge in [-0.05, 0) is 44.0 Å². The highest BCUT2D eigenvalue weighted by Crippen LogP contribution is 2.28. The summed E-state index contributed by atoms with van der Waals surface area (Å²) < 4.78 is 32.5. The van der Waals surface area contributed by atoms with Gasteiger partial charge in [-0.1, -0.05) is 11.6 Å². The minimum atomic E-state index is -3.65. The molecule has 6 nitrogen and oxygen atoms in total. The van der Waals surface area contributed by atoms with Crippen LogP contribution in [0.3, 0.4) is 0 Å². The standard InChI is InChI=1S/C15H20ClN3O3S.ClH/c16-14-10-12(11-18)2-3-15(14)23(20,21)19-7-4-13(5-8-19)22-9-1-6-17;/h2-3,10,13H,1,4-9,17H2;1H. The summed E-state index contributed by atoms with van der Waals surface area (Å²) in [6.07, 6.45) is 2.18. The maximum Gasteiger partial charge on any atom is 0.244 e. The van der Waals surface area contributed by atoms with Gasteiger partial charge in [0.05, 0.1) is 22.8 Å². The number of nitriles is 1. The molecule has 0 spiro atoms. The first-order valence-corrected chi connectivity index (χ1v) is 9.32. The number of hydrogen-bond acceptors (Lipinski definition) is 5. The second-order valence-corrected chi connectivity index (χ2v) is 7.69. The predicted molar refractivity (Wildman–Crippen MR) is 94.8 cm³/mol. The Morgan fingerprint density at radius 3 is 2.58 bits per heavy atom. The Balaban J connectivity index is 0.00000288. The first-order valence-electron chi connectivity index (χ1n) is 7.50. The Kier molecular flexibility index (Phi) is 8.43. The summed E-state index contributed by atoms with van der Waals surface area (Å²) in [6.45, 7) is 1.98. The number of piperidine rings is 1. The molecule has 134 valence electrons. The monoisotopic (exact) mass is 393 g/mol. The predicted octanol–water partition coefficient (Wildman–Crippen LogP) is 2.15. The van der Waals surface area contributed by atoms with Crippen molar-refractivity contribution in [3.63, 3.8) is 0 Å². The van der Waals surface area contributed by atoms with Crippen LogP contribution < -0.4 is 5.73 Å². The van der Waals surface area contributed by atoms with Crippen molar-refractivity contribution in [2.24, 2.45) is 5.73 Å². The van der Waals surface area contributed by atoms with Crippen molar-refractivity contribution >= 4 is 34.0 Å². The van der Waals surface area contributed by atoms with Crippen LogP contribution in [-0.4, -0.2) is 45.1 Å². The number of halogens is 2. The number of hydrogen-bond donors (Lipinski definition) is 1. The van der Waals surface area contributed by atoms with Gasteiger partial charge in [-0.3, -0.25) is 0 Å². The molecule has 1 aliphatic heterocycles. The minimum absolute atomic E-state index is 0. The molecule has 2 rings (SSSR count). The quantitative estimate of drug-likeness (QED) is 0.746. The highest BCUT2D eigenvalue weighted by atomic mass is 35.5. The molecule has 0 amide bonds. The third kappa shape index (κ3) is 5.06. The highest BCUT2D eigenvalue weighted by Gasteiger charge is 2.31. The maximum absolute atomic E-state index is 12.7. The van der Waals surface area contributed by atoms with E-state index in [1.54, 1.807) is 0 Å². The van der Waals surface area contributed by atoms with Crippen LogP contribution in [0.25, 0.3) is 0 Å². The first-order chi connectivity index (χ1) is 11.0. The number of nitrogens with two attached hydrogens (primary N) is 1. The van der Waals surface area contributed by atoms with E-state index < -0.39 is 10.0 Å². The van der Waals surface area contributed by atoms with Crippen molar-refractivity contribution in [3.8, 4) is 6.07 Å². The molecular formula is C15H21Cl2N3O3S. The molecule has 0 atom stereocenters. The van der Waals surface area contributed by atoms with Gasteiger partial charge in [0.15, 0.2) is 0 Å². The third-order valence-electron chi connectivity index (χ3n) is 3.78. The summed E-state index contributed by atoms with van der Waals surface area (Å²) in [5.74, 6) is 0. The smallest absolute Gasteiger partial charge is 0.244 e. The van der Waals surface area contributed by atoms with E-state index >= 15 is 0 Å². The Morgan fingerprint density at radius 2 is 2.04 bits per heavy atom. The zero-order valence-corrected chi connectivity index (χ0v) is 15.5. The molecule has 24 heavy (non-hydrogen) atoms. The number of benzene rings is 1. The summed E-state index contributed by atoms with van der Waals surface area (Å²) in [5, 5.41) is 8.91. The van der Waals surface area contributed by atoms with Crippen molar-refractivity contribution in [2.75, 3.05) is 26.2 Å². The number of nitrogens with zero attached hydrogens (tertiary/aromatic N) is 2. The number of rotatable bonds is 6. The summed E-state index contributed by atoms with van der Waals surface area (Å²) in [4.78, 5) is 0.0423. The molecule has 0 radical (unpaired) electrons. The Morgan fingerprint density at radius 1 is 1.38 bits per heavy atom. The molecule has 2 N–H and O–H groups in total. The SMILES string of the molecule is Cl.N#Cc1ccc(S(=O)(=O)N2CCC(OCCCN)CC2)c(Cl)c1. The van der Waals surface area contributed by atoms with Crippen LogP contribution in [0.1, 0.15) is 24.8 Å². The molecule has 0 aromatic heterocycles. The van der Waals surface area contributed by atoms with E-state index in [2.05, 4.69) is 0 Å². The molecule has 0 aliphatic carbocycles. The summed E-state index contributed by atoms with van der Waals surface area (Å²) >= 11 is 6.03. The molecule has 1 saturated heterocycles. The molecule has 1 heterocycles. The maximum atomic E-state index is 12.7. The van der Waals surface area contributed by atoms with E-state index in [1.165, 1.54) is 22.5 Å². The second-order valence-electron chi connectivity index (χ2n) is 5.37. The lowest BCUT2D eigenvalue weighted by Gasteiger charge is -2.31. The number of sulfonamides is 1. The van der Waals surface area contributed by atoms with Crippen LogP contribution in [0.2, 0.25) is 5.02 Å². The molecule has 1 aromatic carbocycles. The molecule has 1 fully saturated rings. The molecule has 0 unspecified atom stereocenters. The van der Waals surface area contributed by atoms with Crippen LogP contribution in [0.15, 0.2) is 23.1 Å². The molecule has 9 heteroatoms. The first kappa shape index (κ1) is 21.2. The molecule has 0 bridgehead atoms. The van der Waals surface area contributed by atoms with Crippen molar-refractivity contribution in [3.05, 3.63) is 28.8 Å². The van der Waals surface area contributed by atoms with Gasteiger partial charge in [-0.2, -0.15) is 9.57 Å². The van der Waals surface area contributed by atoms with Gasteiger partial charge in [0.1, 0.15) is 4.90 Å². The zero-order chi connectivity index (χ0) is 16.9. The largest absolute Gasteiger partial charge is 0.378 e. The average Bonchev–Trinajstić information content (AvgIpc) is 2.55. The van der Waals surface area contributed by atoms with Gasteiger partial charge in [-0.25, -0.2) is 8.42 Å². The number of ether oxygens (including phenoxy) is 1.